The molecule has 0 amide bonds. The van der Waals surface area contributed by atoms with E-state index in [1.807, 2.05) is 41.1 Å². The minimum Gasteiger partial charge on any atom is -0.438 e. The number of fused-ring (bicyclic) bond motifs is 1. The van der Waals surface area contributed by atoms with Crippen molar-refractivity contribution in [2.75, 3.05) is 19.2 Å². The van der Waals surface area contributed by atoms with Gasteiger partial charge in [0.1, 0.15) is 12.5 Å². The van der Waals surface area contributed by atoms with Crippen LogP contribution in [0.5, 0.6) is 11.6 Å². The summed E-state index contributed by atoms with van der Waals surface area (Å²) in [5.74, 6) is 0.919. The van der Waals surface area contributed by atoms with Gasteiger partial charge in [0.2, 0.25) is 11.2 Å². The highest BCUT2D eigenvalue weighted by Crippen LogP contribution is 2.38. The van der Waals surface area contributed by atoms with Crippen LogP contribution in [-0.2, 0) is 16.3 Å². The largest absolute Gasteiger partial charge is 0.438 e. The number of pyridine rings is 1. The molecule has 31 heavy (non-hydrogen) atoms. The van der Waals surface area contributed by atoms with Gasteiger partial charge in [-0.2, -0.15) is 9.97 Å². The van der Waals surface area contributed by atoms with Crippen LogP contribution in [-0.4, -0.2) is 33.2 Å². The van der Waals surface area contributed by atoms with Crippen LogP contribution in [0.25, 0.3) is 22.2 Å². The first kappa shape index (κ1) is 21.0. The summed E-state index contributed by atoms with van der Waals surface area (Å²) >= 11 is 6.26. The summed E-state index contributed by atoms with van der Waals surface area (Å²) < 4.78 is 13.8. The predicted octanol–water partition coefficient (Wildman–Crippen LogP) is 5.30. The van der Waals surface area contributed by atoms with Gasteiger partial charge in [-0.25, -0.2) is 0 Å². The van der Waals surface area contributed by atoms with Crippen LogP contribution in [0.15, 0.2) is 55.0 Å². The Bertz CT molecular complexity index is 1170. The van der Waals surface area contributed by atoms with E-state index in [-0.39, 0.29) is 5.28 Å². The van der Waals surface area contributed by atoms with Gasteiger partial charge < -0.3 is 14.0 Å². The number of hydrogen-bond acceptors (Lipinski definition) is 7. The van der Waals surface area contributed by atoms with Crippen LogP contribution in [0.3, 0.4) is 0 Å². The first-order valence-corrected chi connectivity index (χ1v) is 10.2. The number of ether oxygens (including phenoxy) is 2. The molecule has 3 aromatic heterocycles. The van der Waals surface area contributed by atoms with Crippen molar-refractivity contribution >= 4 is 28.3 Å². The lowest BCUT2D eigenvalue weighted by Crippen LogP contribution is -2.03. The summed E-state index contributed by atoms with van der Waals surface area (Å²) in [7, 11) is 1.55. The normalized spacial score (nSPS) is 11.1. The summed E-state index contributed by atoms with van der Waals surface area (Å²) in [5, 5.41) is 0.809. The third-order valence-corrected chi connectivity index (χ3v) is 4.64. The fourth-order valence-corrected chi connectivity index (χ4v) is 3.36. The molecule has 0 fully saturated rings. The molecule has 1 aromatic carbocycles. The molecule has 0 spiro atoms. The van der Waals surface area contributed by atoms with Crippen molar-refractivity contribution in [3.8, 4) is 22.8 Å². The van der Waals surface area contributed by atoms with Crippen molar-refractivity contribution in [1.82, 2.24) is 19.5 Å². The lowest BCUT2D eigenvalue weighted by molar-refractivity contribution is 0.0801. The number of benzene rings is 1. The molecule has 4 rings (SSSR count). The van der Waals surface area contributed by atoms with Crippen LogP contribution in [0, 0.1) is 0 Å². The minimum absolute atomic E-state index is 0.0845. The summed E-state index contributed by atoms with van der Waals surface area (Å²) in [4.78, 5) is 18.0. The molecule has 8 nitrogen and oxygen atoms in total. The Morgan fingerprint density at radius 2 is 2.06 bits per heavy atom. The number of hydrogen-bond donors (Lipinski definition) is 1. The van der Waals surface area contributed by atoms with E-state index in [1.54, 1.807) is 25.6 Å². The van der Waals surface area contributed by atoms with Crippen LogP contribution in [0.4, 0.5) is 5.69 Å². The van der Waals surface area contributed by atoms with Gasteiger partial charge in [0.25, 0.3) is 0 Å². The molecule has 3 heterocycles. The van der Waals surface area contributed by atoms with Gasteiger partial charge in [-0.05, 0) is 36.2 Å². The fourth-order valence-electron chi connectivity index (χ4n) is 3.20. The molecule has 1 N–H and O–H groups in total. The smallest absolute Gasteiger partial charge is 0.233 e. The van der Waals surface area contributed by atoms with E-state index in [4.69, 9.17) is 25.9 Å². The Kier molecular flexibility index (Phi) is 6.61. The zero-order chi connectivity index (χ0) is 21.6. The summed E-state index contributed by atoms with van der Waals surface area (Å²) in [6.45, 7) is 3.04. The topological polar surface area (TPSA) is 83.3 Å². The van der Waals surface area contributed by atoms with E-state index in [9.17, 15) is 0 Å². The van der Waals surface area contributed by atoms with E-state index in [0.717, 1.165) is 28.6 Å². The first-order chi connectivity index (χ1) is 15.2. The van der Waals surface area contributed by atoms with E-state index in [1.165, 1.54) is 0 Å². The highest BCUT2D eigenvalue weighted by molar-refractivity contribution is 6.28. The second-order valence-electron chi connectivity index (χ2n) is 6.72. The minimum atomic E-state index is 0.0845. The molecule has 0 bridgehead atoms. The Hall–Kier alpha value is -3.20. The number of nitrogens with zero attached hydrogens (tertiary/aromatic N) is 4. The standard InChI is InChI=1S/C22H22ClN5O3/c1-3-10-30-14-28-13-18(15-6-5-9-24-12-15)19-20(28)25-22(23)26-21(19)31-17-8-4-7-16(11-17)27-29-2/h4-9,11-13,27H,3,10,14H2,1-2H3. The van der Waals surface area contributed by atoms with Crippen molar-refractivity contribution in [1.29, 1.82) is 0 Å². The maximum absolute atomic E-state index is 6.26. The van der Waals surface area contributed by atoms with Crippen LogP contribution >= 0.6 is 11.6 Å². The summed E-state index contributed by atoms with van der Waals surface area (Å²) in [5.41, 5.74) is 5.94. The van der Waals surface area contributed by atoms with Gasteiger partial charge in [-0.3, -0.25) is 15.3 Å². The fraction of sp³-hybridized carbons (Fsp3) is 0.227. The van der Waals surface area contributed by atoms with Crippen LogP contribution in [0.1, 0.15) is 13.3 Å². The van der Waals surface area contributed by atoms with Gasteiger partial charge in [0.15, 0.2) is 5.65 Å². The lowest BCUT2D eigenvalue weighted by atomic mass is 10.1. The Morgan fingerprint density at radius 1 is 1.16 bits per heavy atom. The highest BCUT2D eigenvalue weighted by atomic mass is 35.5. The second-order valence-corrected chi connectivity index (χ2v) is 7.06. The molecule has 0 aliphatic carbocycles. The Labute approximate surface area is 184 Å². The van der Waals surface area contributed by atoms with Gasteiger partial charge in [-0.15, -0.1) is 0 Å². The average Bonchev–Trinajstić information content (AvgIpc) is 3.14. The van der Waals surface area contributed by atoms with E-state index in [2.05, 4.69) is 27.4 Å². The Morgan fingerprint density at radius 3 is 2.84 bits per heavy atom. The zero-order valence-electron chi connectivity index (χ0n) is 17.2. The maximum atomic E-state index is 6.26. The molecule has 0 aliphatic rings. The first-order valence-electron chi connectivity index (χ1n) is 9.81. The number of nitrogens with one attached hydrogen (secondary N) is 1. The van der Waals surface area contributed by atoms with Gasteiger partial charge in [0.05, 0.1) is 18.2 Å². The SMILES string of the molecule is CCCOCn1cc(-c2cccnc2)c2c(Oc3cccc(NOC)c3)nc(Cl)nc21. The highest BCUT2D eigenvalue weighted by Gasteiger charge is 2.20. The van der Waals surface area contributed by atoms with Crippen molar-refractivity contribution < 1.29 is 14.3 Å². The predicted molar refractivity (Wildman–Crippen MR) is 119 cm³/mol. The molecule has 0 saturated heterocycles. The van der Waals surface area contributed by atoms with E-state index < -0.39 is 0 Å². The molecule has 0 unspecified atom stereocenters. The maximum Gasteiger partial charge on any atom is 0.233 e. The van der Waals surface area contributed by atoms with Crippen molar-refractivity contribution in [3.05, 3.63) is 60.3 Å². The van der Waals surface area contributed by atoms with Gasteiger partial charge in [0, 0.05) is 42.4 Å². The zero-order valence-corrected chi connectivity index (χ0v) is 18.0. The molecule has 0 aliphatic heterocycles. The summed E-state index contributed by atoms with van der Waals surface area (Å²) in [6, 6.07) is 11.2. The van der Waals surface area contributed by atoms with E-state index in [0.29, 0.717) is 30.6 Å². The molecule has 160 valence electrons. The molecular weight excluding hydrogens is 418 g/mol. The summed E-state index contributed by atoms with van der Waals surface area (Å²) in [6.07, 6.45) is 6.39. The number of anilines is 1. The second kappa shape index (κ2) is 9.74. The molecular formula is C22H22ClN5O3. The number of halogens is 1. The molecule has 9 heteroatoms. The molecule has 0 saturated carbocycles. The van der Waals surface area contributed by atoms with Crippen LogP contribution < -0.4 is 10.2 Å². The lowest BCUT2D eigenvalue weighted by Gasteiger charge is -2.10. The van der Waals surface area contributed by atoms with Crippen molar-refractivity contribution in [2.45, 2.75) is 20.1 Å². The van der Waals surface area contributed by atoms with Gasteiger partial charge >= 0.3 is 0 Å². The van der Waals surface area contributed by atoms with Crippen LogP contribution in [0.2, 0.25) is 5.28 Å². The monoisotopic (exact) mass is 439 g/mol. The quantitative estimate of drug-likeness (QED) is 0.215. The van der Waals surface area contributed by atoms with E-state index >= 15 is 0 Å². The van der Waals surface area contributed by atoms with Crippen molar-refractivity contribution in [2.24, 2.45) is 0 Å². The Balaban J connectivity index is 1.83. The number of rotatable bonds is 9. The van der Waals surface area contributed by atoms with Gasteiger partial charge in [-0.1, -0.05) is 19.1 Å². The average molecular weight is 440 g/mol. The third kappa shape index (κ3) is 4.77. The molecule has 0 radical (unpaired) electrons. The molecule has 0 atom stereocenters. The number of aromatic nitrogens is 4. The molecule has 4 aromatic rings. The van der Waals surface area contributed by atoms with Crippen molar-refractivity contribution in [3.63, 3.8) is 0 Å². The third-order valence-electron chi connectivity index (χ3n) is 4.48.